The number of nitrogens with two attached hydrogens (primary N) is 1. The molecular formula is C21H33N3O3S. The van der Waals surface area contributed by atoms with Crippen molar-refractivity contribution in [3.05, 3.63) is 23.8 Å². The Balaban J connectivity index is 1.93. The topological polar surface area (TPSA) is 79.8 Å². The van der Waals surface area contributed by atoms with Crippen LogP contribution in [0.5, 0.6) is 0 Å². The third kappa shape index (κ3) is 4.07. The van der Waals surface area contributed by atoms with E-state index in [1.165, 1.54) is 4.31 Å². The molecule has 0 saturated carbocycles. The van der Waals surface area contributed by atoms with Crippen molar-refractivity contribution in [2.75, 3.05) is 38.5 Å². The molecule has 2 N–H and O–H groups in total. The lowest BCUT2D eigenvalue weighted by atomic mass is 9.88. The predicted octanol–water partition coefficient (Wildman–Crippen LogP) is 3.88. The molecule has 1 fully saturated rings. The van der Waals surface area contributed by atoms with Crippen LogP contribution in [0.1, 0.15) is 52.0 Å². The maximum absolute atomic E-state index is 12.9. The van der Waals surface area contributed by atoms with E-state index in [0.717, 1.165) is 43.4 Å². The minimum atomic E-state index is -3.51. The molecule has 2 heterocycles. The number of benzene rings is 1. The standard InChI is InChI=1S/C21H33N3O3S/c1-5-24(6-2)28(25,26)17-7-8-19-18(13-17)20(21(22)27-19)16-9-11-23(12-10-16)14-15(3)4/h7-8,13,15-16H,5-6,9-12,14,22H2,1-4H3. The van der Waals surface area contributed by atoms with Crippen molar-refractivity contribution in [2.24, 2.45) is 5.92 Å². The summed E-state index contributed by atoms with van der Waals surface area (Å²) in [6.07, 6.45) is 2.02. The average molecular weight is 408 g/mol. The molecule has 1 aromatic heterocycles. The fraction of sp³-hybridized carbons (Fsp3) is 0.619. The minimum absolute atomic E-state index is 0.302. The molecule has 2 aromatic rings. The number of nitrogens with zero attached hydrogens (tertiary/aromatic N) is 2. The Hall–Kier alpha value is -1.57. The monoisotopic (exact) mass is 407 g/mol. The molecule has 0 radical (unpaired) electrons. The molecule has 0 bridgehead atoms. The molecule has 1 aliphatic heterocycles. The van der Waals surface area contributed by atoms with Gasteiger partial charge in [-0.1, -0.05) is 27.7 Å². The van der Waals surface area contributed by atoms with Crippen LogP contribution in [0.3, 0.4) is 0 Å². The molecule has 0 atom stereocenters. The van der Waals surface area contributed by atoms with E-state index < -0.39 is 10.0 Å². The van der Waals surface area contributed by atoms with Crippen LogP contribution < -0.4 is 5.73 Å². The fourth-order valence-corrected chi connectivity index (χ4v) is 5.81. The number of likely N-dealkylation sites (tertiary alicyclic amines) is 1. The fourth-order valence-electron chi connectivity index (χ4n) is 4.33. The number of anilines is 1. The van der Waals surface area contributed by atoms with Gasteiger partial charge in [-0.25, -0.2) is 8.42 Å². The Bertz CT molecular complexity index is 908. The molecule has 7 heteroatoms. The normalized spacial score (nSPS) is 17.2. The molecule has 0 amide bonds. The van der Waals surface area contributed by atoms with Gasteiger partial charge in [-0.15, -0.1) is 0 Å². The van der Waals surface area contributed by atoms with E-state index in [9.17, 15) is 8.42 Å². The Morgan fingerprint density at radius 2 is 1.86 bits per heavy atom. The number of rotatable bonds is 7. The first kappa shape index (κ1) is 21.1. The van der Waals surface area contributed by atoms with Gasteiger partial charge in [0.1, 0.15) is 5.58 Å². The summed E-state index contributed by atoms with van der Waals surface area (Å²) < 4.78 is 33.1. The molecule has 0 spiro atoms. The van der Waals surface area contributed by atoms with Gasteiger partial charge in [0.2, 0.25) is 10.0 Å². The number of nitrogen functional groups attached to an aromatic ring is 1. The van der Waals surface area contributed by atoms with Crippen molar-refractivity contribution in [2.45, 2.75) is 51.3 Å². The zero-order valence-electron chi connectivity index (χ0n) is 17.4. The number of fused-ring (bicyclic) bond motifs is 1. The number of piperidine rings is 1. The molecule has 1 aliphatic rings. The molecule has 0 unspecified atom stereocenters. The molecule has 1 saturated heterocycles. The van der Waals surface area contributed by atoms with Gasteiger partial charge in [0.25, 0.3) is 0 Å². The quantitative estimate of drug-likeness (QED) is 0.753. The predicted molar refractivity (Wildman–Crippen MR) is 114 cm³/mol. The van der Waals surface area contributed by atoms with E-state index in [4.69, 9.17) is 10.2 Å². The largest absolute Gasteiger partial charge is 0.441 e. The second-order valence-electron chi connectivity index (χ2n) is 8.10. The van der Waals surface area contributed by atoms with E-state index in [0.29, 0.717) is 41.3 Å². The lowest BCUT2D eigenvalue weighted by Crippen LogP contribution is -2.35. The molecular weight excluding hydrogens is 374 g/mol. The van der Waals surface area contributed by atoms with Crippen molar-refractivity contribution in [1.82, 2.24) is 9.21 Å². The Labute approximate surface area is 168 Å². The lowest BCUT2D eigenvalue weighted by Gasteiger charge is -2.33. The lowest BCUT2D eigenvalue weighted by molar-refractivity contribution is 0.192. The Kier molecular flexibility index (Phi) is 6.37. The summed E-state index contributed by atoms with van der Waals surface area (Å²) in [6.45, 7) is 12.3. The summed E-state index contributed by atoms with van der Waals surface area (Å²) >= 11 is 0. The van der Waals surface area contributed by atoms with Gasteiger partial charge in [-0.2, -0.15) is 4.31 Å². The third-order valence-corrected chi connectivity index (χ3v) is 7.73. The highest BCUT2D eigenvalue weighted by Crippen LogP contribution is 2.40. The summed E-state index contributed by atoms with van der Waals surface area (Å²) in [5, 5.41) is 0.841. The van der Waals surface area contributed by atoms with Crippen molar-refractivity contribution >= 4 is 26.9 Å². The van der Waals surface area contributed by atoms with Gasteiger partial charge in [0.15, 0.2) is 5.88 Å². The summed E-state index contributed by atoms with van der Waals surface area (Å²) in [5.74, 6) is 1.38. The SMILES string of the molecule is CCN(CC)S(=O)(=O)c1ccc2oc(N)c(C3CCN(CC(C)C)CC3)c2c1. The first-order valence-corrected chi connectivity index (χ1v) is 11.8. The molecule has 6 nitrogen and oxygen atoms in total. The van der Waals surface area contributed by atoms with Gasteiger partial charge in [0.05, 0.1) is 4.90 Å². The van der Waals surface area contributed by atoms with E-state index in [1.807, 2.05) is 13.8 Å². The third-order valence-electron chi connectivity index (χ3n) is 5.69. The van der Waals surface area contributed by atoms with Crippen molar-refractivity contribution < 1.29 is 12.8 Å². The Morgan fingerprint density at radius 3 is 2.43 bits per heavy atom. The number of hydrogen-bond acceptors (Lipinski definition) is 5. The number of furan rings is 1. The zero-order valence-corrected chi connectivity index (χ0v) is 18.3. The van der Waals surface area contributed by atoms with E-state index in [2.05, 4.69) is 18.7 Å². The van der Waals surface area contributed by atoms with Crippen molar-refractivity contribution in [1.29, 1.82) is 0 Å². The van der Waals surface area contributed by atoms with Crippen LogP contribution in [-0.4, -0.2) is 50.3 Å². The maximum atomic E-state index is 12.9. The average Bonchev–Trinajstić information content (AvgIpc) is 2.97. The summed E-state index contributed by atoms with van der Waals surface area (Å²) in [7, 11) is -3.51. The van der Waals surface area contributed by atoms with Crippen LogP contribution in [0, 0.1) is 5.92 Å². The summed E-state index contributed by atoms with van der Waals surface area (Å²) in [5.41, 5.74) is 7.88. The minimum Gasteiger partial charge on any atom is -0.441 e. The Morgan fingerprint density at radius 1 is 1.21 bits per heavy atom. The first-order chi connectivity index (χ1) is 13.3. The molecule has 3 rings (SSSR count). The van der Waals surface area contributed by atoms with Gasteiger partial charge >= 0.3 is 0 Å². The highest BCUT2D eigenvalue weighted by molar-refractivity contribution is 7.89. The smallest absolute Gasteiger partial charge is 0.243 e. The maximum Gasteiger partial charge on any atom is 0.243 e. The number of sulfonamides is 1. The second-order valence-corrected chi connectivity index (χ2v) is 10.0. The van der Waals surface area contributed by atoms with Crippen LogP contribution in [0.2, 0.25) is 0 Å². The number of hydrogen-bond donors (Lipinski definition) is 1. The van der Waals surface area contributed by atoms with E-state index in [-0.39, 0.29) is 0 Å². The van der Waals surface area contributed by atoms with Crippen LogP contribution in [0.4, 0.5) is 5.88 Å². The first-order valence-electron chi connectivity index (χ1n) is 10.3. The highest BCUT2D eigenvalue weighted by atomic mass is 32.2. The molecule has 28 heavy (non-hydrogen) atoms. The van der Waals surface area contributed by atoms with Crippen LogP contribution >= 0.6 is 0 Å². The van der Waals surface area contributed by atoms with Gasteiger partial charge in [-0.3, -0.25) is 0 Å². The summed E-state index contributed by atoms with van der Waals surface area (Å²) in [6, 6.07) is 5.10. The summed E-state index contributed by atoms with van der Waals surface area (Å²) in [4.78, 5) is 2.80. The van der Waals surface area contributed by atoms with Crippen LogP contribution in [-0.2, 0) is 10.0 Å². The van der Waals surface area contributed by atoms with E-state index >= 15 is 0 Å². The van der Waals surface area contributed by atoms with E-state index in [1.54, 1.807) is 18.2 Å². The second kappa shape index (κ2) is 8.43. The molecule has 156 valence electrons. The van der Waals surface area contributed by atoms with Gasteiger partial charge in [0, 0.05) is 30.6 Å². The van der Waals surface area contributed by atoms with Crippen molar-refractivity contribution in [3.8, 4) is 0 Å². The van der Waals surface area contributed by atoms with Crippen LogP contribution in [0.25, 0.3) is 11.0 Å². The zero-order chi connectivity index (χ0) is 20.5. The van der Waals surface area contributed by atoms with Crippen LogP contribution in [0.15, 0.2) is 27.5 Å². The molecule has 0 aliphatic carbocycles. The van der Waals surface area contributed by atoms with Crippen molar-refractivity contribution in [3.63, 3.8) is 0 Å². The molecule has 1 aromatic carbocycles. The van der Waals surface area contributed by atoms with Gasteiger partial charge in [-0.05, 0) is 56.0 Å². The highest BCUT2D eigenvalue weighted by Gasteiger charge is 2.28. The van der Waals surface area contributed by atoms with Gasteiger partial charge < -0.3 is 15.1 Å².